The maximum atomic E-state index is 12.6. The average Bonchev–Trinajstić information content (AvgIpc) is 3.14. The number of carbonyl (C=O) groups excluding carboxylic acids is 2. The molecule has 0 aliphatic carbocycles. The Hall–Kier alpha value is -1.51. The summed E-state index contributed by atoms with van der Waals surface area (Å²) in [5.41, 5.74) is 5.34. The van der Waals surface area contributed by atoms with Gasteiger partial charge in [-0.2, -0.15) is 0 Å². The van der Waals surface area contributed by atoms with E-state index in [0.717, 1.165) is 38.5 Å². The van der Waals surface area contributed by atoms with E-state index in [1.165, 1.54) is 135 Å². The van der Waals surface area contributed by atoms with Crippen LogP contribution in [0.2, 0.25) is 0 Å². The van der Waals surface area contributed by atoms with Gasteiger partial charge in [-0.1, -0.05) is 173 Å². The first-order chi connectivity index (χ1) is 25.8. The minimum absolute atomic E-state index is 0.0546. The Kier molecular flexibility index (Phi) is 39.0. The van der Waals surface area contributed by atoms with E-state index >= 15 is 0 Å². The quantitative estimate of drug-likeness (QED) is 0.0269. The standard InChI is InChI=1S/C43H82NO8P/c1-3-5-7-9-11-13-15-17-18-19-20-21-22-24-25-27-29-31-33-35-42(45)49-39-41(40-51-53(47,48)50-38-37-44)52-43(46)36-34-32-30-28-26-23-16-14-12-10-8-6-4-2/h11,13,17-18,41H,3-10,12,14-16,19-40,44H2,1-2H3,(H,47,48)/t41-/m1/s1. The van der Waals surface area contributed by atoms with E-state index in [1.54, 1.807) is 0 Å². The lowest BCUT2D eigenvalue weighted by molar-refractivity contribution is -0.161. The number of hydrogen-bond donors (Lipinski definition) is 2. The molecule has 0 fully saturated rings. The second kappa shape index (κ2) is 40.2. The second-order valence-electron chi connectivity index (χ2n) is 14.6. The van der Waals surface area contributed by atoms with Gasteiger partial charge >= 0.3 is 19.8 Å². The molecule has 53 heavy (non-hydrogen) atoms. The maximum absolute atomic E-state index is 12.6. The molecule has 312 valence electrons. The minimum atomic E-state index is -4.37. The van der Waals surface area contributed by atoms with Crippen molar-refractivity contribution in [3.05, 3.63) is 24.3 Å². The molecule has 0 bridgehead atoms. The Balaban J connectivity index is 4.11. The molecule has 0 heterocycles. The van der Waals surface area contributed by atoms with Crippen LogP contribution in [0.1, 0.15) is 206 Å². The van der Waals surface area contributed by atoms with Crippen molar-refractivity contribution in [2.75, 3.05) is 26.4 Å². The highest BCUT2D eigenvalue weighted by molar-refractivity contribution is 7.47. The number of phosphoric acid groups is 1. The van der Waals surface area contributed by atoms with Crippen LogP contribution in [0.3, 0.4) is 0 Å². The van der Waals surface area contributed by atoms with Gasteiger partial charge in [0.25, 0.3) is 0 Å². The number of ether oxygens (including phenoxy) is 2. The van der Waals surface area contributed by atoms with Crippen molar-refractivity contribution in [3.63, 3.8) is 0 Å². The molecule has 0 aromatic rings. The molecule has 0 aliphatic rings. The highest BCUT2D eigenvalue weighted by Gasteiger charge is 2.26. The monoisotopic (exact) mass is 772 g/mol. The van der Waals surface area contributed by atoms with E-state index in [2.05, 4.69) is 38.2 Å². The summed E-state index contributed by atoms with van der Waals surface area (Å²) in [5, 5.41) is 0. The Morgan fingerprint density at radius 3 is 1.47 bits per heavy atom. The summed E-state index contributed by atoms with van der Waals surface area (Å²) < 4.78 is 32.8. The Morgan fingerprint density at radius 1 is 0.566 bits per heavy atom. The van der Waals surface area contributed by atoms with Crippen LogP contribution in [0.15, 0.2) is 24.3 Å². The molecule has 0 rings (SSSR count). The average molecular weight is 772 g/mol. The summed E-state index contributed by atoms with van der Waals surface area (Å²) in [6.07, 6.45) is 42.0. The van der Waals surface area contributed by atoms with E-state index in [9.17, 15) is 19.0 Å². The Labute approximate surface area is 325 Å². The highest BCUT2D eigenvalue weighted by Crippen LogP contribution is 2.43. The van der Waals surface area contributed by atoms with Gasteiger partial charge in [0.15, 0.2) is 6.10 Å². The molecular weight excluding hydrogens is 689 g/mol. The first kappa shape index (κ1) is 51.5. The van der Waals surface area contributed by atoms with Crippen LogP contribution in [0, 0.1) is 0 Å². The van der Waals surface area contributed by atoms with Crippen LogP contribution in [0.25, 0.3) is 0 Å². The van der Waals surface area contributed by atoms with E-state index in [-0.39, 0.29) is 38.6 Å². The van der Waals surface area contributed by atoms with Crippen LogP contribution in [-0.4, -0.2) is 49.3 Å². The van der Waals surface area contributed by atoms with Crippen molar-refractivity contribution in [2.24, 2.45) is 5.73 Å². The number of hydrogen-bond acceptors (Lipinski definition) is 8. The lowest BCUT2D eigenvalue weighted by Crippen LogP contribution is -2.29. The summed E-state index contributed by atoms with van der Waals surface area (Å²) in [5.74, 6) is -0.826. The van der Waals surface area contributed by atoms with Crippen molar-refractivity contribution < 1.29 is 37.6 Å². The summed E-state index contributed by atoms with van der Waals surface area (Å²) in [6, 6.07) is 0. The van der Waals surface area contributed by atoms with Gasteiger partial charge in [-0.25, -0.2) is 4.57 Å². The minimum Gasteiger partial charge on any atom is -0.462 e. The fourth-order valence-corrected chi connectivity index (χ4v) is 6.84. The normalized spacial score (nSPS) is 13.5. The molecule has 10 heteroatoms. The van der Waals surface area contributed by atoms with Crippen LogP contribution < -0.4 is 5.73 Å². The third-order valence-electron chi connectivity index (χ3n) is 9.34. The van der Waals surface area contributed by atoms with Crippen LogP contribution in [0.4, 0.5) is 0 Å². The number of nitrogens with two attached hydrogens (primary N) is 1. The van der Waals surface area contributed by atoms with Crippen molar-refractivity contribution in [3.8, 4) is 0 Å². The van der Waals surface area contributed by atoms with Crippen LogP contribution in [-0.2, 0) is 32.7 Å². The van der Waals surface area contributed by atoms with Crippen LogP contribution >= 0.6 is 7.82 Å². The Bertz CT molecular complexity index is 928. The zero-order valence-electron chi connectivity index (χ0n) is 34.3. The number of carbonyl (C=O) groups is 2. The number of phosphoric ester groups is 1. The van der Waals surface area contributed by atoms with Crippen molar-refractivity contribution in [1.82, 2.24) is 0 Å². The summed E-state index contributed by atoms with van der Waals surface area (Å²) >= 11 is 0. The number of allylic oxidation sites excluding steroid dienone is 4. The molecular formula is C43H82NO8P. The van der Waals surface area contributed by atoms with E-state index < -0.39 is 26.5 Å². The molecule has 3 N–H and O–H groups in total. The molecule has 0 radical (unpaired) electrons. The van der Waals surface area contributed by atoms with Gasteiger partial charge in [0.2, 0.25) is 0 Å². The van der Waals surface area contributed by atoms with Crippen molar-refractivity contribution >= 4 is 19.8 Å². The highest BCUT2D eigenvalue weighted by atomic mass is 31.2. The molecule has 0 aromatic carbocycles. The van der Waals surface area contributed by atoms with Gasteiger partial charge < -0.3 is 20.1 Å². The fourth-order valence-electron chi connectivity index (χ4n) is 6.08. The summed E-state index contributed by atoms with van der Waals surface area (Å²) in [4.78, 5) is 34.8. The SMILES string of the molecule is CCCCCC=CCC=CCCCCCCCCCCCC(=O)OC[C@H](COP(=O)(O)OCCN)OC(=O)CCCCCCCCCCCCCCC. The molecule has 2 atom stereocenters. The van der Waals surface area contributed by atoms with Gasteiger partial charge in [0, 0.05) is 19.4 Å². The topological polar surface area (TPSA) is 134 Å². The first-order valence-corrected chi connectivity index (χ1v) is 23.3. The van der Waals surface area contributed by atoms with E-state index in [4.69, 9.17) is 24.3 Å². The number of unbranched alkanes of at least 4 members (excludes halogenated alkanes) is 24. The smallest absolute Gasteiger partial charge is 0.462 e. The molecule has 0 aliphatic heterocycles. The molecule has 1 unspecified atom stereocenters. The molecule has 9 nitrogen and oxygen atoms in total. The third-order valence-corrected chi connectivity index (χ3v) is 10.3. The van der Waals surface area contributed by atoms with Crippen LogP contribution in [0.5, 0.6) is 0 Å². The summed E-state index contributed by atoms with van der Waals surface area (Å²) in [6.45, 7) is 3.72. The zero-order valence-corrected chi connectivity index (χ0v) is 35.2. The maximum Gasteiger partial charge on any atom is 0.472 e. The third kappa shape index (κ3) is 40.0. The van der Waals surface area contributed by atoms with Gasteiger partial charge in [-0.15, -0.1) is 0 Å². The molecule has 0 saturated heterocycles. The fraction of sp³-hybridized carbons (Fsp3) is 0.860. The predicted octanol–water partition coefficient (Wildman–Crippen LogP) is 12.4. The van der Waals surface area contributed by atoms with Crippen molar-refractivity contribution in [1.29, 1.82) is 0 Å². The van der Waals surface area contributed by atoms with Crippen molar-refractivity contribution in [2.45, 2.75) is 213 Å². The largest absolute Gasteiger partial charge is 0.472 e. The number of esters is 2. The van der Waals surface area contributed by atoms with Gasteiger partial charge in [0.05, 0.1) is 13.2 Å². The summed E-state index contributed by atoms with van der Waals surface area (Å²) in [7, 11) is -4.37. The zero-order chi connectivity index (χ0) is 38.9. The van der Waals surface area contributed by atoms with E-state index in [1.807, 2.05) is 0 Å². The second-order valence-corrected chi connectivity index (χ2v) is 16.0. The van der Waals surface area contributed by atoms with Gasteiger partial charge in [0.1, 0.15) is 6.61 Å². The predicted molar refractivity (Wildman–Crippen MR) is 220 cm³/mol. The van der Waals surface area contributed by atoms with E-state index in [0.29, 0.717) is 6.42 Å². The van der Waals surface area contributed by atoms with Gasteiger partial charge in [-0.05, 0) is 44.9 Å². The van der Waals surface area contributed by atoms with Gasteiger partial charge in [-0.3, -0.25) is 18.6 Å². The molecule has 0 spiro atoms. The number of rotatable bonds is 41. The molecule has 0 amide bonds. The lowest BCUT2D eigenvalue weighted by Gasteiger charge is -2.19. The first-order valence-electron chi connectivity index (χ1n) is 21.8. The lowest BCUT2D eigenvalue weighted by atomic mass is 10.0. The molecule has 0 aromatic heterocycles. The Morgan fingerprint density at radius 2 is 0.981 bits per heavy atom. The molecule has 0 saturated carbocycles.